The summed E-state index contributed by atoms with van der Waals surface area (Å²) in [6.07, 6.45) is 3.79. The summed E-state index contributed by atoms with van der Waals surface area (Å²) in [5.74, 6) is -0.313. The minimum atomic E-state index is -1.00. The molecule has 1 saturated heterocycles. The number of rotatable bonds is 8. The molecule has 0 saturated carbocycles. The van der Waals surface area contributed by atoms with Crippen molar-refractivity contribution < 1.29 is 24.5 Å². The Bertz CT molecular complexity index is 335. The largest absolute Gasteiger partial charge is 0.480 e. The fourth-order valence-corrected chi connectivity index (χ4v) is 2.65. The average molecular weight is 320 g/mol. The van der Waals surface area contributed by atoms with Gasteiger partial charge in [0, 0.05) is 13.1 Å². The third-order valence-electron chi connectivity index (χ3n) is 3.38. The molecule has 0 aromatic rings. The number of likely N-dealkylation sites (tertiary alicyclic amines) is 1. The molecule has 0 radical (unpaired) electrons. The highest BCUT2D eigenvalue weighted by atomic mass is 32.2. The Morgan fingerprint density at radius 3 is 2.62 bits per heavy atom. The standard InChI is InChI=1S/C13H24N2O5S/c1-21-9-4-11(12(17)18)14-13(19)15-5-2-10(3-6-15)20-8-7-16/h10-11,16H,2-9H2,1H3,(H,14,19)(H,17,18)/t11-/m1/s1. The molecule has 0 spiro atoms. The number of carbonyl (C=O) groups excluding carboxylic acids is 1. The second-order valence-electron chi connectivity index (χ2n) is 4.90. The fourth-order valence-electron chi connectivity index (χ4n) is 2.18. The number of piperidine rings is 1. The summed E-state index contributed by atoms with van der Waals surface area (Å²) < 4.78 is 5.43. The molecule has 1 heterocycles. The topological polar surface area (TPSA) is 99.1 Å². The van der Waals surface area contributed by atoms with Crippen molar-refractivity contribution in [3.8, 4) is 0 Å². The normalized spacial score (nSPS) is 17.5. The van der Waals surface area contributed by atoms with Gasteiger partial charge < -0.3 is 25.2 Å². The highest BCUT2D eigenvalue weighted by molar-refractivity contribution is 7.98. The summed E-state index contributed by atoms with van der Waals surface area (Å²) in [7, 11) is 0. The van der Waals surface area contributed by atoms with Gasteiger partial charge in [0.05, 0.1) is 19.3 Å². The summed E-state index contributed by atoms with van der Waals surface area (Å²) in [6.45, 7) is 1.39. The van der Waals surface area contributed by atoms with Crippen LogP contribution in [0.4, 0.5) is 4.79 Å². The highest BCUT2D eigenvalue weighted by Crippen LogP contribution is 2.14. The lowest BCUT2D eigenvalue weighted by molar-refractivity contribution is -0.139. The number of hydrogen-bond acceptors (Lipinski definition) is 5. The molecule has 2 amide bonds. The maximum absolute atomic E-state index is 12.1. The Labute approximate surface area is 129 Å². The predicted molar refractivity (Wildman–Crippen MR) is 80.6 cm³/mol. The summed E-state index contributed by atoms with van der Waals surface area (Å²) in [5, 5.41) is 20.4. The number of carboxylic acid groups (broad SMARTS) is 1. The van der Waals surface area contributed by atoms with Gasteiger partial charge in [-0.2, -0.15) is 11.8 Å². The number of aliphatic carboxylic acids is 1. The molecule has 8 heteroatoms. The third kappa shape index (κ3) is 6.54. The van der Waals surface area contributed by atoms with E-state index in [2.05, 4.69) is 5.32 Å². The molecule has 0 aromatic carbocycles. The monoisotopic (exact) mass is 320 g/mol. The maximum atomic E-state index is 12.1. The average Bonchev–Trinajstić information content (AvgIpc) is 2.49. The molecule has 0 aliphatic carbocycles. The van der Waals surface area contributed by atoms with Crippen LogP contribution >= 0.6 is 11.8 Å². The van der Waals surface area contributed by atoms with Crippen molar-refractivity contribution in [1.82, 2.24) is 10.2 Å². The second-order valence-corrected chi connectivity index (χ2v) is 5.89. The van der Waals surface area contributed by atoms with E-state index in [1.54, 1.807) is 16.7 Å². The van der Waals surface area contributed by atoms with Gasteiger partial charge in [0.25, 0.3) is 0 Å². The molecular formula is C13H24N2O5S. The number of urea groups is 1. The van der Waals surface area contributed by atoms with Gasteiger partial charge in [-0.05, 0) is 31.3 Å². The fraction of sp³-hybridized carbons (Fsp3) is 0.846. The van der Waals surface area contributed by atoms with E-state index < -0.39 is 12.0 Å². The van der Waals surface area contributed by atoms with Gasteiger partial charge in [-0.3, -0.25) is 0 Å². The lowest BCUT2D eigenvalue weighted by Crippen LogP contribution is -2.51. The molecule has 21 heavy (non-hydrogen) atoms. The minimum Gasteiger partial charge on any atom is -0.480 e. The summed E-state index contributed by atoms with van der Waals surface area (Å²) in [5.41, 5.74) is 0. The first-order valence-corrected chi connectivity index (χ1v) is 8.47. The van der Waals surface area contributed by atoms with Gasteiger partial charge in [-0.25, -0.2) is 9.59 Å². The molecule has 0 bridgehead atoms. The highest BCUT2D eigenvalue weighted by Gasteiger charge is 2.26. The first kappa shape index (κ1) is 18.1. The van der Waals surface area contributed by atoms with E-state index in [1.165, 1.54) is 0 Å². The van der Waals surface area contributed by atoms with Crippen LogP contribution in [0, 0.1) is 0 Å². The van der Waals surface area contributed by atoms with E-state index in [0.29, 0.717) is 44.7 Å². The van der Waals surface area contributed by atoms with Gasteiger partial charge in [0.1, 0.15) is 6.04 Å². The van der Waals surface area contributed by atoms with E-state index in [0.717, 1.165) is 0 Å². The molecule has 122 valence electrons. The molecular weight excluding hydrogens is 296 g/mol. The van der Waals surface area contributed by atoms with Crippen molar-refractivity contribution in [2.75, 3.05) is 38.3 Å². The van der Waals surface area contributed by atoms with Gasteiger partial charge >= 0.3 is 12.0 Å². The van der Waals surface area contributed by atoms with Gasteiger partial charge in [-0.15, -0.1) is 0 Å². The number of nitrogens with zero attached hydrogens (tertiary/aromatic N) is 1. The molecule has 0 unspecified atom stereocenters. The Morgan fingerprint density at radius 2 is 2.10 bits per heavy atom. The predicted octanol–water partition coefficient (Wildman–Crippen LogP) is 0.376. The van der Waals surface area contributed by atoms with Crippen LogP contribution in [0.3, 0.4) is 0 Å². The lowest BCUT2D eigenvalue weighted by atomic mass is 10.1. The number of ether oxygens (including phenoxy) is 1. The van der Waals surface area contributed by atoms with Crippen molar-refractivity contribution in [3.05, 3.63) is 0 Å². The van der Waals surface area contributed by atoms with Crippen LogP contribution in [-0.2, 0) is 9.53 Å². The van der Waals surface area contributed by atoms with Gasteiger partial charge in [-0.1, -0.05) is 0 Å². The zero-order chi connectivity index (χ0) is 15.7. The van der Waals surface area contributed by atoms with E-state index in [9.17, 15) is 9.59 Å². The van der Waals surface area contributed by atoms with Crippen molar-refractivity contribution in [2.24, 2.45) is 0 Å². The summed E-state index contributed by atoms with van der Waals surface area (Å²) in [6, 6.07) is -1.17. The number of aliphatic hydroxyl groups excluding tert-OH is 1. The van der Waals surface area contributed by atoms with Crippen LogP contribution in [0.2, 0.25) is 0 Å². The minimum absolute atomic E-state index is 0.00354. The molecule has 7 nitrogen and oxygen atoms in total. The van der Waals surface area contributed by atoms with Crippen molar-refractivity contribution in [2.45, 2.75) is 31.4 Å². The Balaban J connectivity index is 2.36. The Kier molecular flexibility index (Phi) is 8.48. The van der Waals surface area contributed by atoms with Gasteiger partial charge in [0.2, 0.25) is 0 Å². The third-order valence-corrected chi connectivity index (χ3v) is 4.02. The van der Waals surface area contributed by atoms with Crippen LogP contribution in [0.5, 0.6) is 0 Å². The van der Waals surface area contributed by atoms with Crippen molar-refractivity contribution >= 4 is 23.8 Å². The summed E-state index contributed by atoms with van der Waals surface area (Å²) in [4.78, 5) is 24.8. The van der Waals surface area contributed by atoms with Crippen LogP contribution in [0.25, 0.3) is 0 Å². The SMILES string of the molecule is CSCC[C@@H](NC(=O)N1CCC(OCCO)CC1)C(=O)O. The van der Waals surface area contributed by atoms with Crippen molar-refractivity contribution in [3.63, 3.8) is 0 Å². The van der Waals surface area contributed by atoms with E-state index in [1.807, 2.05) is 6.26 Å². The van der Waals surface area contributed by atoms with E-state index >= 15 is 0 Å². The number of nitrogens with one attached hydrogen (secondary N) is 1. The molecule has 3 N–H and O–H groups in total. The summed E-state index contributed by atoms with van der Waals surface area (Å²) >= 11 is 1.55. The zero-order valence-electron chi connectivity index (χ0n) is 12.3. The number of thioether (sulfide) groups is 1. The lowest BCUT2D eigenvalue weighted by Gasteiger charge is -2.32. The van der Waals surface area contributed by atoms with Crippen LogP contribution in [0.15, 0.2) is 0 Å². The number of aliphatic hydroxyl groups is 1. The van der Waals surface area contributed by atoms with E-state index in [-0.39, 0.29) is 18.7 Å². The zero-order valence-corrected chi connectivity index (χ0v) is 13.1. The number of carboxylic acids is 1. The number of hydrogen-bond donors (Lipinski definition) is 3. The molecule has 1 fully saturated rings. The van der Waals surface area contributed by atoms with Crippen LogP contribution in [0.1, 0.15) is 19.3 Å². The second kappa shape index (κ2) is 9.86. The van der Waals surface area contributed by atoms with E-state index in [4.69, 9.17) is 14.9 Å². The molecule has 1 atom stereocenters. The molecule has 0 aromatic heterocycles. The molecule has 1 aliphatic rings. The first-order valence-electron chi connectivity index (χ1n) is 7.08. The molecule has 1 aliphatic heterocycles. The Morgan fingerprint density at radius 1 is 1.43 bits per heavy atom. The Hall–Kier alpha value is -0.990. The van der Waals surface area contributed by atoms with Crippen LogP contribution < -0.4 is 5.32 Å². The maximum Gasteiger partial charge on any atom is 0.326 e. The number of amides is 2. The quantitative estimate of drug-likeness (QED) is 0.598. The first-order chi connectivity index (χ1) is 10.1. The van der Waals surface area contributed by atoms with Crippen LogP contribution in [-0.4, -0.2) is 77.6 Å². The van der Waals surface area contributed by atoms with Crippen molar-refractivity contribution in [1.29, 1.82) is 0 Å². The smallest absolute Gasteiger partial charge is 0.326 e. The van der Waals surface area contributed by atoms with Gasteiger partial charge in [0.15, 0.2) is 0 Å². The number of carbonyl (C=O) groups is 2. The molecule has 1 rings (SSSR count).